The molecule has 1 atom stereocenters. The Balaban J connectivity index is 1.20. The molecule has 4 saturated carbocycles. The molecule has 0 aromatic carbocycles. The number of carbonyl (C=O) groups is 3. The fraction of sp³-hybridized carbons (Fsp3) is 0.714. The molecule has 2 N–H and O–H groups in total. The van der Waals surface area contributed by atoms with Crippen molar-refractivity contribution in [3.63, 3.8) is 0 Å². The molecule has 0 saturated heterocycles. The van der Waals surface area contributed by atoms with E-state index in [1.807, 2.05) is 0 Å². The number of nitrogens with zero attached hydrogens (tertiary/aromatic N) is 1. The van der Waals surface area contributed by atoms with Crippen molar-refractivity contribution in [2.75, 3.05) is 11.9 Å². The standard InChI is InChI=1S/C21H29N3O5/c1-12-5-17(24-29-12)23-19(26)13(2)28-18(25)3-4-22-20(27)21-9-14-6-15(10-21)8-16(7-14)11-21/h5,13-16H,3-4,6-11H2,1-2H3,(H,22,27)(H,23,24,26). The first-order valence-corrected chi connectivity index (χ1v) is 10.5. The van der Waals surface area contributed by atoms with Gasteiger partial charge in [-0.3, -0.25) is 14.4 Å². The molecule has 0 aliphatic heterocycles. The molecule has 4 fully saturated rings. The van der Waals surface area contributed by atoms with Gasteiger partial charge in [0, 0.05) is 18.0 Å². The SMILES string of the molecule is Cc1cc(NC(=O)C(C)OC(=O)CCNC(=O)C23CC4CC(CC(C4)C2)C3)no1. The molecular formula is C21H29N3O5. The van der Waals surface area contributed by atoms with Crippen molar-refractivity contribution in [3.8, 4) is 0 Å². The fourth-order valence-electron chi connectivity index (χ4n) is 5.82. The quantitative estimate of drug-likeness (QED) is 0.677. The van der Waals surface area contributed by atoms with Crippen LogP contribution in [0.1, 0.15) is 57.6 Å². The second kappa shape index (κ2) is 7.80. The minimum Gasteiger partial charge on any atom is -0.452 e. The van der Waals surface area contributed by atoms with Gasteiger partial charge in [0.15, 0.2) is 11.9 Å². The lowest BCUT2D eigenvalue weighted by molar-refractivity contribution is -0.153. The van der Waals surface area contributed by atoms with E-state index in [9.17, 15) is 14.4 Å². The van der Waals surface area contributed by atoms with Crippen LogP contribution in [0.4, 0.5) is 5.82 Å². The number of nitrogens with one attached hydrogen (secondary N) is 2. The maximum Gasteiger partial charge on any atom is 0.308 e. The highest BCUT2D eigenvalue weighted by molar-refractivity contribution is 5.94. The fourth-order valence-corrected chi connectivity index (χ4v) is 5.82. The second-order valence-corrected chi connectivity index (χ2v) is 9.15. The van der Waals surface area contributed by atoms with Crippen molar-refractivity contribution in [1.29, 1.82) is 0 Å². The average molecular weight is 403 g/mol. The topological polar surface area (TPSA) is 111 Å². The van der Waals surface area contributed by atoms with E-state index in [1.165, 1.54) is 26.2 Å². The third-order valence-electron chi connectivity index (χ3n) is 6.69. The number of ether oxygens (including phenoxy) is 1. The normalized spacial score (nSPS) is 30.6. The number of esters is 1. The summed E-state index contributed by atoms with van der Waals surface area (Å²) >= 11 is 0. The van der Waals surface area contributed by atoms with Crippen molar-refractivity contribution >= 4 is 23.6 Å². The van der Waals surface area contributed by atoms with Gasteiger partial charge in [-0.2, -0.15) is 0 Å². The van der Waals surface area contributed by atoms with Gasteiger partial charge in [0.2, 0.25) is 5.91 Å². The van der Waals surface area contributed by atoms with Crippen LogP contribution >= 0.6 is 0 Å². The highest BCUT2D eigenvalue weighted by Gasteiger charge is 2.54. The summed E-state index contributed by atoms with van der Waals surface area (Å²) < 4.78 is 10.0. The number of amides is 2. The Morgan fingerprint density at radius 3 is 2.38 bits per heavy atom. The molecule has 4 aliphatic rings. The maximum absolute atomic E-state index is 12.9. The maximum atomic E-state index is 12.9. The van der Waals surface area contributed by atoms with Gasteiger partial charge in [-0.05, 0) is 70.1 Å². The molecule has 0 spiro atoms. The van der Waals surface area contributed by atoms with Crippen molar-refractivity contribution in [1.82, 2.24) is 10.5 Å². The largest absolute Gasteiger partial charge is 0.452 e. The molecule has 1 unspecified atom stereocenters. The van der Waals surface area contributed by atoms with E-state index < -0.39 is 18.0 Å². The molecule has 2 amide bonds. The van der Waals surface area contributed by atoms with Gasteiger partial charge in [0.05, 0.1) is 6.42 Å². The first-order valence-electron chi connectivity index (χ1n) is 10.5. The predicted molar refractivity (Wildman–Crippen MR) is 104 cm³/mol. The lowest BCUT2D eigenvalue weighted by Crippen LogP contribution is -2.53. The summed E-state index contributed by atoms with van der Waals surface area (Å²) in [5, 5.41) is 9.15. The number of hydrogen-bond acceptors (Lipinski definition) is 6. The predicted octanol–water partition coefficient (Wildman–Crippen LogP) is 2.58. The van der Waals surface area contributed by atoms with Crippen molar-refractivity contribution in [3.05, 3.63) is 11.8 Å². The Bertz CT molecular complexity index is 767. The Kier molecular flexibility index (Phi) is 5.36. The van der Waals surface area contributed by atoms with Gasteiger partial charge in [-0.25, -0.2) is 0 Å². The van der Waals surface area contributed by atoms with Crippen LogP contribution in [0.3, 0.4) is 0 Å². The molecule has 5 rings (SSSR count). The van der Waals surface area contributed by atoms with E-state index >= 15 is 0 Å². The lowest BCUT2D eigenvalue weighted by Gasteiger charge is -2.55. The minimum absolute atomic E-state index is 0.0405. The summed E-state index contributed by atoms with van der Waals surface area (Å²) in [6.45, 7) is 3.44. The lowest BCUT2D eigenvalue weighted by atomic mass is 9.49. The van der Waals surface area contributed by atoms with Gasteiger partial charge in [-0.1, -0.05) is 5.16 Å². The first kappa shape index (κ1) is 19.9. The first-order chi connectivity index (χ1) is 13.8. The number of anilines is 1. The molecule has 158 valence electrons. The third-order valence-corrected chi connectivity index (χ3v) is 6.69. The number of carbonyl (C=O) groups excluding carboxylic acids is 3. The molecule has 1 aromatic rings. The van der Waals surface area contributed by atoms with E-state index in [0.29, 0.717) is 23.5 Å². The van der Waals surface area contributed by atoms with Crippen LogP contribution in [0, 0.1) is 30.1 Å². The molecular weight excluding hydrogens is 374 g/mol. The molecule has 4 aliphatic carbocycles. The zero-order chi connectivity index (χ0) is 20.6. The Morgan fingerprint density at radius 1 is 1.21 bits per heavy atom. The summed E-state index contributed by atoms with van der Waals surface area (Å²) in [5.41, 5.74) is -0.221. The van der Waals surface area contributed by atoms with Gasteiger partial charge in [-0.15, -0.1) is 0 Å². The number of hydrogen-bond donors (Lipinski definition) is 2. The van der Waals surface area contributed by atoms with Crippen LogP contribution in [0.25, 0.3) is 0 Å². The molecule has 1 aromatic heterocycles. The number of aromatic nitrogens is 1. The van der Waals surface area contributed by atoms with Crippen LogP contribution in [0.2, 0.25) is 0 Å². The van der Waals surface area contributed by atoms with Gasteiger partial charge >= 0.3 is 5.97 Å². The van der Waals surface area contributed by atoms with Crippen LogP contribution in [-0.2, 0) is 19.1 Å². The van der Waals surface area contributed by atoms with Crippen molar-refractivity contribution in [2.24, 2.45) is 23.2 Å². The summed E-state index contributed by atoms with van der Waals surface area (Å²) in [4.78, 5) is 37.0. The van der Waals surface area contributed by atoms with E-state index in [0.717, 1.165) is 19.3 Å². The molecule has 29 heavy (non-hydrogen) atoms. The van der Waals surface area contributed by atoms with E-state index in [1.54, 1.807) is 13.0 Å². The van der Waals surface area contributed by atoms with Crippen LogP contribution in [0.15, 0.2) is 10.6 Å². The number of aryl methyl sites for hydroxylation is 1. The summed E-state index contributed by atoms with van der Waals surface area (Å²) in [6.07, 6.45) is 5.92. The van der Waals surface area contributed by atoms with Crippen molar-refractivity contribution < 1.29 is 23.6 Å². The summed E-state index contributed by atoms with van der Waals surface area (Å²) in [5.74, 6) is 2.04. The van der Waals surface area contributed by atoms with Crippen LogP contribution < -0.4 is 10.6 Å². The molecule has 8 heteroatoms. The number of rotatable bonds is 7. The summed E-state index contributed by atoms with van der Waals surface area (Å²) in [6, 6.07) is 1.58. The van der Waals surface area contributed by atoms with Crippen LogP contribution in [-0.4, -0.2) is 35.6 Å². The summed E-state index contributed by atoms with van der Waals surface area (Å²) in [7, 11) is 0. The highest BCUT2D eigenvalue weighted by atomic mass is 16.5. The van der Waals surface area contributed by atoms with E-state index in [4.69, 9.17) is 9.26 Å². The zero-order valence-corrected chi connectivity index (χ0v) is 17.0. The van der Waals surface area contributed by atoms with E-state index in [-0.39, 0.29) is 30.1 Å². The Labute approximate surface area is 170 Å². The van der Waals surface area contributed by atoms with Crippen LogP contribution in [0.5, 0.6) is 0 Å². The Hall–Kier alpha value is -2.38. The molecule has 0 radical (unpaired) electrons. The van der Waals surface area contributed by atoms with E-state index in [2.05, 4.69) is 15.8 Å². The second-order valence-electron chi connectivity index (χ2n) is 9.15. The zero-order valence-electron chi connectivity index (χ0n) is 17.0. The molecule has 8 nitrogen and oxygen atoms in total. The smallest absolute Gasteiger partial charge is 0.308 e. The van der Waals surface area contributed by atoms with Gasteiger partial charge in [0.1, 0.15) is 5.76 Å². The van der Waals surface area contributed by atoms with Gasteiger partial charge < -0.3 is 19.9 Å². The third kappa shape index (κ3) is 4.31. The average Bonchev–Trinajstić information content (AvgIpc) is 3.05. The van der Waals surface area contributed by atoms with Crippen molar-refractivity contribution in [2.45, 2.75) is 64.9 Å². The minimum atomic E-state index is -0.960. The van der Waals surface area contributed by atoms with Gasteiger partial charge in [0.25, 0.3) is 5.91 Å². The highest BCUT2D eigenvalue weighted by Crippen LogP contribution is 2.60. The molecule has 4 bridgehead atoms. The Morgan fingerprint density at radius 2 is 1.83 bits per heavy atom. The molecule has 1 heterocycles. The monoisotopic (exact) mass is 403 g/mol.